The Bertz CT molecular complexity index is 1810. The van der Waals surface area contributed by atoms with Gasteiger partial charge in [0.15, 0.2) is 5.58 Å². The Balaban J connectivity index is 1.20. The van der Waals surface area contributed by atoms with Crippen molar-refractivity contribution in [3.8, 4) is 16.9 Å². The number of ether oxygens (including phenoxy) is 2. The normalized spacial score (nSPS) is 12.9. The zero-order chi connectivity index (χ0) is 28.0. The van der Waals surface area contributed by atoms with Crippen molar-refractivity contribution < 1.29 is 18.7 Å². The van der Waals surface area contributed by atoms with Gasteiger partial charge in [0.1, 0.15) is 23.6 Å². The van der Waals surface area contributed by atoms with Crippen LogP contribution in [-0.4, -0.2) is 24.7 Å². The van der Waals surface area contributed by atoms with E-state index < -0.39 is 6.03 Å². The molecule has 1 aromatic heterocycles. The molecule has 1 aliphatic heterocycles. The van der Waals surface area contributed by atoms with E-state index in [0.717, 1.165) is 16.6 Å². The van der Waals surface area contributed by atoms with Gasteiger partial charge in [-0.05, 0) is 59.7 Å². The maximum Gasteiger partial charge on any atom is 0.323 e. The fourth-order valence-corrected chi connectivity index (χ4v) is 4.31. The molecule has 6 rings (SSSR count). The van der Waals surface area contributed by atoms with Gasteiger partial charge in [0.25, 0.3) is 0 Å². The van der Waals surface area contributed by atoms with Crippen molar-refractivity contribution in [2.75, 3.05) is 24.4 Å². The number of carbonyl (C=O) groups is 1. The van der Waals surface area contributed by atoms with E-state index in [-0.39, 0.29) is 6.61 Å². The van der Waals surface area contributed by atoms with Gasteiger partial charge in [-0.15, -0.1) is 0 Å². The van der Waals surface area contributed by atoms with Gasteiger partial charge in [-0.3, -0.25) is 0 Å². The molecule has 2 amide bonds. The predicted molar refractivity (Wildman–Crippen MR) is 158 cm³/mol. The number of aromatic nitrogens is 1. The lowest BCUT2D eigenvalue weighted by molar-refractivity contribution is 0.262. The summed E-state index contributed by atoms with van der Waals surface area (Å²) in [6, 6.07) is 29.8. The third kappa shape index (κ3) is 5.99. The highest BCUT2D eigenvalue weighted by Crippen LogP contribution is 2.31. The summed E-state index contributed by atoms with van der Waals surface area (Å²) in [6.45, 7) is 0.213. The summed E-state index contributed by atoms with van der Waals surface area (Å²) in [4.78, 5) is 17.2. The Hall–Kier alpha value is -5.70. The highest BCUT2D eigenvalue weighted by molar-refractivity contribution is 6.00. The van der Waals surface area contributed by atoms with Crippen molar-refractivity contribution in [1.82, 2.24) is 4.98 Å². The lowest BCUT2D eigenvalue weighted by Crippen LogP contribution is -2.19. The van der Waals surface area contributed by atoms with Crippen LogP contribution in [0.5, 0.6) is 5.75 Å². The molecule has 0 saturated heterocycles. The quantitative estimate of drug-likeness (QED) is 0.201. The lowest BCUT2D eigenvalue weighted by atomic mass is 10.1. The number of nitrogens with one attached hydrogen (secondary N) is 2. The minimum atomic E-state index is -0.394. The molecule has 0 unspecified atom stereocenters. The summed E-state index contributed by atoms with van der Waals surface area (Å²) in [5, 5.41) is 14.4. The van der Waals surface area contributed by atoms with E-state index in [1.807, 2.05) is 36.4 Å². The van der Waals surface area contributed by atoms with E-state index >= 15 is 0 Å². The minimum Gasteiger partial charge on any atom is -0.497 e. The molecule has 9 nitrogen and oxygen atoms in total. The van der Waals surface area contributed by atoms with Gasteiger partial charge < -0.3 is 24.5 Å². The third-order valence-corrected chi connectivity index (χ3v) is 6.30. The monoisotopic (exact) mass is 543 g/mol. The molecule has 5 aromatic rings. The van der Waals surface area contributed by atoms with Gasteiger partial charge in [-0.1, -0.05) is 48.5 Å². The summed E-state index contributed by atoms with van der Waals surface area (Å²) in [5.74, 6) is 1.08. The molecule has 0 spiro atoms. The maximum atomic E-state index is 12.5. The molecule has 0 aliphatic carbocycles. The number of hydrogen-bond acceptors (Lipinski definition) is 7. The van der Waals surface area contributed by atoms with E-state index in [4.69, 9.17) is 18.9 Å². The minimum absolute atomic E-state index is 0.213. The third-order valence-electron chi connectivity index (χ3n) is 6.30. The van der Waals surface area contributed by atoms with Crippen LogP contribution in [0.25, 0.3) is 27.8 Å². The molecule has 0 radical (unpaired) electrons. The van der Waals surface area contributed by atoms with Crippen LogP contribution < -0.4 is 15.4 Å². The highest BCUT2D eigenvalue weighted by Gasteiger charge is 2.18. The smallest absolute Gasteiger partial charge is 0.323 e. The second-order valence-electron chi connectivity index (χ2n) is 9.10. The van der Waals surface area contributed by atoms with Crippen LogP contribution in [0, 0.1) is 0 Å². The Morgan fingerprint density at radius 2 is 1.66 bits per heavy atom. The van der Waals surface area contributed by atoms with Crippen LogP contribution in [0.3, 0.4) is 0 Å². The summed E-state index contributed by atoms with van der Waals surface area (Å²) < 4.78 is 16.8. The van der Waals surface area contributed by atoms with Crippen molar-refractivity contribution in [2.45, 2.75) is 0 Å². The number of amides is 2. The van der Waals surface area contributed by atoms with Crippen molar-refractivity contribution in [3.05, 3.63) is 121 Å². The van der Waals surface area contributed by atoms with Crippen LogP contribution in [0.2, 0.25) is 0 Å². The van der Waals surface area contributed by atoms with Crippen LogP contribution in [0.1, 0.15) is 5.89 Å². The molecule has 9 heteroatoms. The highest BCUT2D eigenvalue weighted by atomic mass is 16.5. The lowest BCUT2D eigenvalue weighted by Gasteiger charge is -2.10. The van der Waals surface area contributed by atoms with Crippen LogP contribution in [-0.2, 0) is 4.74 Å². The standard InChI is InChI=1S/C32H25N5O4/c1-39-26-12-6-10-24(19-26)34-32(38)33-23-9-5-11-25(18-23)36-37-29-20-40-16-15-27(29)31-35-28-17-22(13-14-30(28)41-31)21-7-3-2-4-8-21/h2-19H,20H2,1H3,(H2,33,34,38). The fourth-order valence-electron chi connectivity index (χ4n) is 4.31. The number of carbonyl (C=O) groups excluding carboxylic acids is 1. The second kappa shape index (κ2) is 11.6. The summed E-state index contributed by atoms with van der Waals surface area (Å²) in [7, 11) is 1.57. The molecule has 4 aromatic carbocycles. The van der Waals surface area contributed by atoms with Crippen molar-refractivity contribution in [2.24, 2.45) is 10.2 Å². The Morgan fingerprint density at radius 3 is 2.49 bits per heavy atom. The molecular weight excluding hydrogens is 518 g/mol. The van der Waals surface area contributed by atoms with Crippen LogP contribution in [0.4, 0.5) is 21.9 Å². The number of allylic oxidation sites excluding steroid dienone is 2. The molecule has 2 N–H and O–H groups in total. The summed E-state index contributed by atoms with van der Waals surface area (Å²) >= 11 is 0. The molecule has 0 atom stereocenters. The SMILES string of the molecule is COc1cccc(NC(=O)Nc2cccc(N=NC3=C(c4nc5cc(-c6ccccc6)ccc5o4)C=COC3)c2)c1. The topological polar surface area (TPSA) is 110 Å². The van der Waals surface area contributed by atoms with Gasteiger partial charge in [-0.2, -0.15) is 10.2 Å². The van der Waals surface area contributed by atoms with Crippen LogP contribution >= 0.6 is 0 Å². The molecule has 202 valence electrons. The Labute approximate surface area is 235 Å². The van der Waals surface area contributed by atoms with Gasteiger partial charge in [0.05, 0.1) is 24.6 Å². The number of azo groups is 1. The van der Waals surface area contributed by atoms with Crippen molar-refractivity contribution in [1.29, 1.82) is 0 Å². The van der Waals surface area contributed by atoms with Crippen molar-refractivity contribution >= 4 is 39.8 Å². The van der Waals surface area contributed by atoms with Gasteiger partial charge in [0.2, 0.25) is 5.89 Å². The maximum absolute atomic E-state index is 12.5. The number of rotatable bonds is 7. The van der Waals surface area contributed by atoms with Crippen LogP contribution in [0.15, 0.2) is 130 Å². The number of oxazole rings is 1. The first-order chi connectivity index (χ1) is 20.1. The first-order valence-corrected chi connectivity index (χ1v) is 12.9. The van der Waals surface area contributed by atoms with E-state index in [0.29, 0.717) is 45.6 Å². The number of nitrogens with zero attached hydrogens (tertiary/aromatic N) is 3. The number of urea groups is 1. The summed E-state index contributed by atoms with van der Waals surface area (Å²) in [5.41, 5.74) is 6.55. The van der Waals surface area contributed by atoms with E-state index in [1.54, 1.807) is 68.0 Å². The second-order valence-corrected chi connectivity index (χ2v) is 9.10. The van der Waals surface area contributed by atoms with Crippen molar-refractivity contribution in [3.63, 3.8) is 0 Å². The molecule has 0 saturated carbocycles. The zero-order valence-electron chi connectivity index (χ0n) is 22.1. The van der Waals surface area contributed by atoms with E-state index in [2.05, 4.69) is 33.0 Å². The van der Waals surface area contributed by atoms with E-state index in [9.17, 15) is 4.79 Å². The number of benzene rings is 4. The molecule has 1 aliphatic rings. The first kappa shape index (κ1) is 25.6. The summed E-state index contributed by atoms with van der Waals surface area (Å²) in [6.07, 6.45) is 3.35. The molecule has 2 heterocycles. The molecule has 41 heavy (non-hydrogen) atoms. The van der Waals surface area contributed by atoms with Gasteiger partial charge >= 0.3 is 6.03 Å². The number of anilines is 2. The zero-order valence-corrected chi connectivity index (χ0v) is 22.1. The largest absolute Gasteiger partial charge is 0.497 e. The first-order valence-electron chi connectivity index (χ1n) is 12.9. The number of fused-ring (bicyclic) bond motifs is 1. The number of hydrogen-bond donors (Lipinski definition) is 2. The molecule has 0 bridgehead atoms. The van der Waals surface area contributed by atoms with E-state index in [1.165, 1.54) is 0 Å². The molecular formula is C32H25N5O4. The predicted octanol–water partition coefficient (Wildman–Crippen LogP) is 8.19. The Morgan fingerprint density at radius 1 is 0.854 bits per heavy atom. The number of methoxy groups -OCH3 is 1. The fraction of sp³-hybridized carbons (Fsp3) is 0.0625. The van der Waals surface area contributed by atoms with Gasteiger partial charge in [-0.25, -0.2) is 9.78 Å². The van der Waals surface area contributed by atoms with Gasteiger partial charge in [0, 0.05) is 17.4 Å². The molecule has 0 fully saturated rings. The Kier molecular flexibility index (Phi) is 7.23. The average molecular weight is 544 g/mol. The average Bonchev–Trinajstić information content (AvgIpc) is 3.44.